The van der Waals surface area contributed by atoms with Crippen LogP contribution in [0, 0.1) is 0 Å². The minimum Gasteiger partial charge on any atom is -0.396 e. The number of nitrogens with zero attached hydrogens (tertiary/aromatic N) is 4. The van der Waals surface area contributed by atoms with E-state index in [2.05, 4.69) is 51.0 Å². The molecular formula is C22H32N4O. The molecule has 2 aliphatic rings. The maximum Gasteiger partial charge on any atom is 0.0446 e. The van der Waals surface area contributed by atoms with Gasteiger partial charge in [0.15, 0.2) is 0 Å². The molecule has 27 heavy (non-hydrogen) atoms. The van der Waals surface area contributed by atoms with E-state index < -0.39 is 0 Å². The molecule has 3 heterocycles. The molecular weight excluding hydrogens is 336 g/mol. The number of hydrogen-bond acceptors (Lipinski definition) is 5. The van der Waals surface area contributed by atoms with E-state index in [-0.39, 0.29) is 6.61 Å². The standard InChI is InChI=1S/C22H32N4O/c1-24-10-6-20(7-11-24)26-13-12-25(17-21(26)8-14-27)16-19-4-2-3-18-15-23-9-5-22(18)19/h2-5,9,15,20-21,27H,6-8,10-14,16-17H2,1H3/t21-/m0/s1. The largest absolute Gasteiger partial charge is 0.396 e. The lowest BCUT2D eigenvalue weighted by atomic mass is 9.98. The summed E-state index contributed by atoms with van der Waals surface area (Å²) in [6.45, 7) is 6.92. The SMILES string of the molecule is CN1CCC(N2CCN(Cc3cccc4cnccc34)C[C@@H]2CCO)CC1. The second-order valence-electron chi connectivity index (χ2n) is 8.19. The minimum absolute atomic E-state index is 0.279. The van der Waals surface area contributed by atoms with Crippen LogP contribution >= 0.6 is 0 Å². The molecule has 5 nitrogen and oxygen atoms in total. The fraction of sp³-hybridized carbons (Fsp3) is 0.591. The van der Waals surface area contributed by atoms with Gasteiger partial charge in [-0.3, -0.25) is 14.8 Å². The Morgan fingerprint density at radius 1 is 1.11 bits per heavy atom. The maximum atomic E-state index is 9.63. The van der Waals surface area contributed by atoms with E-state index in [1.165, 1.54) is 42.3 Å². The molecule has 2 saturated heterocycles. The number of aromatic nitrogens is 1. The monoisotopic (exact) mass is 368 g/mol. The highest BCUT2D eigenvalue weighted by atomic mass is 16.3. The van der Waals surface area contributed by atoms with Crippen LogP contribution in [-0.2, 0) is 6.54 Å². The summed E-state index contributed by atoms with van der Waals surface area (Å²) in [6, 6.07) is 9.80. The molecule has 1 N–H and O–H groups in total. The van der Waals surface area contributed by atoms with Crippen LogP contribution in [0.2, 0.25) is 0 Å². The van der Waals surface area contributed by atoms with Gasteiger partial charge < -0.3 is 10.0 Å². The third-order valence-electron chi connectivity index (χ3n) is 6.40. The first kappa shape index (κ1) is 18.8. The molecule has 146 valence electrons. The van der Waals surface area contributed by atoms with Gasteiger partial charge in [-0.2, -0.15) is 0 Å². The molecule has 0 saturated carbocycles. The average Bonchev–Trinajstić information content (AvgIpc) is 2.70. The predicted octanol–water partition coefficient (Wildman–Crippen LogP) is 2.20. The van der Waals surface area contributed by atoms with Crippen molar-refractivity contribution in [1.82, 2.24) is 19.7 Å². The first-order valence-corrected chi connectivity index (χ1v) is 10.3. The van der Waals surface area contributed by atoms with Crippen LogP contribution < -0.4 is 0 Å². The molecule has 5 heteroatoms. The van der Waals surface area contributed by atoms with Crippen LogP contribution in [0.4, 0.5) is 0 Å². The number of fused-ring (bicyclic) bond motifs is 1. The Labute approximate surface area is 162 Å². The summed E-state index contributed by atoms with van der Waals surface area (Å²) < 4.78 is 0. The Balaban J connectivity index is 1.45. The molecule has 0 unspecified atom stereocenters. The topological polar surface area (TPSA) is 42.8 Å². The van der Waals surface area contributed by atoms with Crippen molar-refractivity contribution >= 4 is 10.8 Å². The summed E-state index contributed by atoms with van der Waals surface area (Å²) in [4.78, 5) is 12.0. The fourth-order valence-electron chi connectivity index (χ4n) is 4.86. The van der Waals surface area contributed by atoms with Crippen molar-refractivity contribution in [2.24, 2.45) is 0 Å². The van der Waals surface area contributed by atoms with Crippen molar-refractivity contribution in [3.05, 3.63) is 42.2 Å². The highest BCUT2D eigenvalue weighted by Gasteiger charge is 2.33. The van der Waals surface area contributed by atoms with Gasteiger partial charge in [-0.05, 0) is 56.4 Å². The number of piperidine rings is 1. The van der Waals surface area contributed by atoms with Crippen molar-refractivity contribution in [3.8, 4) is 0 Å². The Morgan fingerprint density at radius 3 is 2.78 bits per heavy atom. The van der Waals surface area contributed by atoms with Gasteiger partial charge in [-0.1, -0.05) is 18.2 Å². The second-order valence-corrected chi connectivity index (χ2v) is 8.19. The lowest BCUT2D eigenvalue weighted by molar-refractivity contribution is 0.00611. The summed E-state index contributed by atoms with van der Waals surface area (Å²) in [6.07, 6.45) is 7.23. The van der Waals surface area contributed by atoms with Gasteiger partial charge in [0.05, 0.1) is 0 Å². The fourth-order valence-corrected chi connectivity index (χ4v) is 4.86. The van der Waals surface area contributed by atoms with Crippen LogP contribution in [0.25, 0.3) is 10.8 Å². The smallest absolute Gasteiger partial charge is 0.0446 e. The Morgan fingerprint density at radius 2 is 1.96 bits per heavy atom. The van der Waals surface area contributed by atoms with E-state index in [1.54, 1.807) is 0 Å². The van der Waals surface area contributed by atoms with Gasteiger partial charge in [0.2, 0.25) is 0 Å². The molecule has 4 rings (SSSR count). The Kier molecular flexibility index (Phi) is 6.03. The second kappa shape index (κ2) is 8.65. The zero-order chi connectivity index (χ0) is 18.6. The van der Waals surface area contributed by atoms with E-state index in [9.17, 15) is 5.11 Å². The lowest BCUT2D eigenvalue weighted by Gasteiger charge is -2.47. The molecule has 0 bridgehead atoms. The molecule has 0 amide bonds. The van der Waals surface area contributed by atoms with Crippen molar-refractivity contribution < 1.29 is 5.11 Å². The number of aliphatic hydroxyl groups excluding tert-OH is 1. The zero-order valence-electron chi connectivity index (χ0n) is 16.4. The normalized spacial score (nSPS) is 23.9. The highest BCUT2D eigenvalue weighted by molar-refractivity contribution is 5.84. The average molecular weight is 369 g/mol. The van der Waals surface area contributed by atoms with Gasteiger partial charge in [-0.25, -0.2) is 0 Å². The molecule has 1 aromatic carbocycles. The van der Waals surface area contributed by atoms with Crippen molar-refractivity contribution in [2.45, 2.75) is 37.9 Å². The molecule has 2 aromatic rings. The molecule has 0 radical (unpaired) electrons. The van der Waals surface area contributed by atoms with Crippen molar-refractivity contribution in [3.63, 3.8) is 0 Å². The van der Waals surface area contributed by atoms with Crippen LogP contribution in [0.3, 0.4) is 0 Å². The third kappa shape index (κ3) is 4.32. The van der Waals surface area contributed by atoms with Crippen LogP contribution in [0.5, 0.6) is 0 Å². The van der Waals surface area contributed by atoms with Gasteiger partial charge in [0.1, 0.15) is 0 Å². The molecule has 0 spiro atoms. The highest BCUT2D eigenvalue weighted by Crippen LogP contribution is 2.25. The summed E-state index contributed by atoms with van der Waals surface area (Å²) in [5.41, 5.74) is 1.38. The van der Waals surface area contributed by atoms with Crippen LogP contribution in [-0.4, -0.2) is 83.3 Å². The summed E-state index contributed by atoms with van der Waals surface area (Å²) in [7, 11) is 2.22. The van der Waals surface area contributed by atoms with Crippen LogP contribution in [0.1, 0.15) is 24.8 Å². The molecule has 2 fully saturated rings. The lowest BCUT2D eigenvalue weighted by Crippen LogP contribution is -2.58. The predicted molar refractivity (Wildman–Crippen MR) is 110 cm³/mol. The van der Waals surface area contributed by atoms with Crippen molar-refractivity contribution in [2.75, 3.05) is 46.4 Å². The van der Waals surface area contributed by atoms with E-state index in [1.807, 2.05) is 12.4 Å². The summed E-state index contributed by atoms with van der Waals surface area (Å²) in [5.74, 6) is 0. The van der Waals surface area contributed by atoms with Crippen LogP contribution in [0.15, 0.2) is 36.7 Å². The van der Waals surface area contributed by atoms with Gasteiger partial charge in [0.25, 0.3) is 0 Å². The molecule has 2 aliphatic heterocycles. The summed E-state index contributed by atoms with van der Waals surface area (Å²) in [5, 5.41) is 12.2. The molecule has 1 aromatic heterocycles. The number of piperazine rings is 1. The number of aliphatic hydroxyl groups is 1. The Hall–Kier alpha value is -1.53. The maximum absolute atomic E-state index is 9.63. The van der Waals surface area contributed by atoms with E-state index in [4.69, 9.17) is 0 Å². The number of likely N-dealkylation sites (tertiary alicyclic amines) is 1. The number of rotatable bonds is 5. The summed E-state index contributed by atoms with van der Waals surface area (Å²) >= 11 is 0. The molecule has 1 atom stereocenters. The minimum atomic E-state index is 0.279. The van der Waals surface area contributed by atoms with Gasteiger partial charge in [-0.15, -0.1) is 0 Å². The van der Waals surface area contributed by atoms with E-state index >= 15 is 0 Å². The van der Waals surface area contributed by atoms with E-state index in [0.29, 0.717) is 12.1 Å². The number of pyridine rings is 1. The first-order chi connectivity index (χ1) is 13.2. The number of benzene rings is 1. The third-order valence-corrected chi connectivity index (χ3v) is 6.40. The Bertz CT molecular complexity index is 739. The number of hydrogen-bond donors (Lipinski definition) is 1. The quantitative estimate of drug-likeness (QED) is 0.876. The molecule has 0 aliphatic carbocycles. The van der Waals surface area contributed by atoms with Gasteiger partial charge in [0, 0.05) is 62.6 Å². The van der Waals surface area contributed by atoms with Gasteiger partial charge >= 0.3 is 0 Å². The zero-order valence-corrected chi connectivity index (χ0v) is 16.4. The first-order valence-electron chi connectivity index (χ1n) is 10.3. The van der Waals surface area contributed by atoms with Crippen molar-refractivity contribution in [1.29, 1.82) is 0 Å². The van der Waals surface area contributed by atoms with E-state index in [0.717, 1.165) is 32.6 Å².